The molecule has 2 rings (SSSR count). The van der Waals surface area contributed by atoms with Crippen molar-refractivity contribution in [2.24, 2.45) is 16.8 Å². The highest BCUT2D eigenvalue weighted by atomic mass is 16.2. The average Bonchev–Trinajstić information content (AvgIpc) is 2.43. The van der Waals surface area contributed by atoms with E-state index in [4.69, 9.17) is 0 Å². The molecule has 0 aliphatic carbocycles. The van der Waals surface area contributed by atoms with E-state index in [1.807, 2.05) is 39.8 Å². The van der Waals surface area contributed by atoms with E-state index in [1.165, 1.54) is 0 Å². The van der Waals surface area contributed by atoms with Crippen LogP contribution < -0.4 is 15.9 Å². The zero-order chi connectivity index (χ0) is 16.3. The molecule has 0 saturated heterocycles. The van der Waals surface area contributed by atoms with Gasteiger partial charge in [-0.3, -0.25) is 9.59 Å². The maximum Gasteiger partial charge on any atom is 0.253 e. The van der Waals surface area contributed by atoms with E-state index in [0.717, 1.165) is 21.7 Å². The Morgan fingerprint density at radius 2 is 1.95 bits per heavy atom. The first-order valence-corrected chi connectivity index (χ1v) is 7.86. The van der Waals surface area contributed by atoms with Crippen LogP contribution in [-0.4, -0.2) is 18.4 Å². The predicted molar refractivity (Wildman–Crippen MR) is 86.7 cm³/mol. The highest BCUT2D eigenvalue weighted by Crippen LogP contribution is 2.10. The quantitative estimate of drug-likeness (QED) is 0.894. The lowest BCUT2D eigenvalue weighted by Gasteiger charge is -2.14. The summed E-state index contributed by atoms with van der Waals surface area (Å²) >= 11 is 0. The zero-order valence-electron chi connectivity index (χ0n) is 13.8. The Bertz CT molecular complexity index is 705. The first-order valence-electron chi connectivity index (χ1n) is 7.86. The highest BCUT2D eigenvalue weighted by molar-refractivity contribution is 5.86. The Hall–Kier alpha value is -1.97. The first-order chi connectivity index (χ1) is 10.4. The standard InChI is InChI=1S/C18H24N2O2/c1-11(2)9-16(21)19-8-7-14-10-15-12(3)5-6-13(4)17(15)20-18(14)22/h5-6,10-11,14H,7-9H2,1-4H3,(H,19,21). The van der Waals surface area contributed by atoms with Crippen LogP contribution >= 0.6 is 0 Å². The second kappa shape index (κ2) is 6.86. The molecule has 1 unspecified atom stereocenters. The van der Waals surface area contributed by atoms with Crippen molar-refractivity contribution in [3.05, 3.63) is 33.8 Å². The van der Waals surface area contributed by atoms with Crippen molar-refractivity contribution in [1.29, 1.82) is 0 Å². The Morgan fingerprint density at radius 1 is 1.27 bits per heavy atom. The molecule has 22 heavy (non-hydrogen) atoms. The van der Waals surface area contributed by atoms with Crippen LogP contribution in [0, 0.1) is 25.7 Å². The average molecular weight is 300 g/mol. The SMILES string of the molecule is Cc1ccc(C)c2c1=CC(CCNC(=O)CC(C)C)C(=O)N=2. The fraction of sp³-hybridized carbons (Fsp3) is 0.500. The van der Waals surface area contributed by atoms with E-state index in [1.54, 1.807) is 0 Å². The summed E-state index contributed by atoms with van der Waals surface area (Å²) in [7, 11) is 0. The van der Waals surface area contributed by atoms with Crippen molar-refractivity contribution in [2.45, 2.75) is 40.5 Å². The van der Waals surface area contributed by atoms with Gasteiger partial charge in [-0.1, -0.05) is 32.1 Å². The van der Waals surface area contributed by atoms with Gasteiger partial charge in [-0.05, 0) is 37.3 Å². The molecule has 4 nitrogen and oxygen atoms in total. The summed E-state index contributed by atoms with van der Waals surface area (Å²) in [6, 6.07) is 4.04. The van der Waals surface area contributed by atoms with E-state index in [-0.39, 0.29) is 17.7 Å². The van der Waals surface area contributed by atoms with Crippen LogP contribution in [0.2, 0.25) is 0 Å². The number of carbonyl (C=O) groups is 2. The topological polar surface area (TPSA) is 58.5 Å². The van der Waals surface area contributed by atoms with Gasteiger partial charge in [0.2, 0.25) is 5.91 Å². The van der Waals surface area contributed by atoms with Crippen molar-refractivity contribution in [3.63, 3.8) is 0 Å². The van der Waals surface area contributed by atoms with Crippen molar-refractivity contribution < 1.29 is 9.59 Å². The number of benzene rings is 1. The molecule has 2 amide bonds. The van der Waals surface area contributed by atoms with Gasteiger partial charge in [-0.2, -0.15) is 0 Å². The lowest BCUT2D eigenvalue weighted by atomic mass is 9.97. The second-order valence-electron chi connectivity index (χ2n) is 6.42. The van der Waals surface area contributed by atoms with Gasteiger partial charge in [0, 0.05) is 18.2 Å². The van der Waals surface area contributed by atoms with Crippen LogP contribution in [0.4, 0.5) is 0 Å². The van der Waals surface area contributed by atoms with Crippen LogP contribution in [0.1, 0.15) is 37.8 Å². The molecule has 1 atom stereocenters. The molecular formula is C18H24N2O2. The molecule has 118 valence electrons. The van der Waals surface area contributed by atoms with E-state index < -0.39 is 0 Å². The van der Waals surface area contributed by atoms with Crippen molar-refractivity contribution in [1.82, 2.24) is 5.32 Å². The molecule has 1 heterocycles. The molecule has 1 aromatic rings. The third-order valence-corrected chi connectivity index (χ3v) is 3.92. The monoisotopic (exact) mass is 300 g/mol. The Kier molecular flexibility index (Phi) is 5.11. The summed E-state index contributed by atoms with van der Waals surface area (Å²) in [6.07, 6.45) is 3.12. The number of fused-ring (bicyclic) bond motifs is 1. The minimum Gasteiger partial charge on any atom is -0.356 e. The van der Waals surface area contributed by atoms with Gasteiger partial charge < -0.3 is 5.32 Å². The van der Waals surface area contributed by atoms with Gasteiger partial charge >= 0.3 is 0 Å². The molecule has 1 aliphatic rings. The molecule has 0 spiro atoms. The van der Waals surface area contributed by atoms with Crippen LogP contribution in [0.15, 0.2) is 17.1 Å². The molecule has 0 fully saturated rings. The highest BCUT2D eigenvalue weighted by Gasteiger charge is 2.19. The molecule has 1 N–H and O–H groups in total. The molecule has 0 radical (unpaired) electrons. The van der Waals surface area contributed by atoms with Gasteiger partial charge in [0.1, 0.15) is 0 Å². The third kappa shape index (κ3) is 3.81. The third-order valence-electron chi connectivity index (χ3n) is 3.92. The summed E-state index contributed by atoms with van der Waals surface area (Å²) in [6.45, 7) is 8.53. The van der Waals surface area contributed by atoms with Gasteiger partial charge in [-0.25, -0.2) is 4.99 Å². The second-order valence-corrected chi connectivity index (χ2v) is 6.42. The van der Waals surface area contributed by atoms with Crippen LogP contribution in [0.25, 0.3) is 6.08 Å². The molecule has 4 heteroatoms. The minimum absolute atomic E-state index is 0.0441. The normalized spacial score (nSPS) is 16.8. The smallest absolute Gasteiger partial charge is 0.253 e. The number of aryl methyl sites for hydroxylation is 2. The van der Waals surface area contributed by atoms with Crippen molar-refractivity contribution in [2.75, 3.05) is 6.54 Å². The fourth-order valence-corrected chi connectivity index (χ4v) is 2.66. The van der Waals surface area contributed by atoms with Crippen LogP contribution in [-0.2, 0) is 9.59 Å². The Morgan fingerprint density at radius 3 is 2.64 bits per heavy atom. The predicted octanol–water partition coefficient (Wildman–Crippen LogP) is 1.41. The number of carbonyl (C=O) groups excluding carboxylic acids is 2. The van der Waals surface area contributed by atoms with E-state index in [9.17, 15) is 9.59 Å². The summed E-state index contributed by atoms with van der Waals surface area (Å²) < 4.78 is 0. The summed E-state index contributed by atoms with van der Waals surface area (Å²) in [5.74, 6) is 0.0321. The maximum absolute atomic E-state index is 12.2. The lowest BCUT2D eigenvalue weighted by Crippen LogP contribution is -2.38. The minimum atomic E-state index is -0.243. The van der Waals surface area contributed by atoms with E-state index >= 15 is 0 Å². The van der Waals surface area contributed by atoms with Crippen LogP contribution in [0.5, 0.6) is 0 Å². The summed E-state index contributed by atoms with van der Waals surface area (Å²) in [5.41, 5.74) is 2.15. The summed E-state index contributed by atoms with van der Waals surface area (Å²) in [5, 5.41) is 4.73. The van der Waals surface area contributed by atoms with Crippen LogP contribution in [0.3, 0.4) is 0 Å². The van der Waals surface area contributed by atoms with Crippen molar-refractivity contribution >= 4 is 17.9 Å². The van der Waals surface area contributed by atoms with E-state index in [2.05, 4.69) is 16.4 Å². The molecular weight excluding hydrogens is 276 g/mol. The van der Waals surface area contributed by atoms with Gasteiger partial charge in [0.25, 0.3) is 5.91 Å². The first kappa shape index (κ1) is 16.4. The van der Waals surface area contributed by atoms with Gasteiger partial charge in [0.05, 0.1) is 11.3 Å². The molecule has 0 saturated carbocycles. The van der Waals surface area contributed by atoms with Gasteiger partial charge in [0.15, 0.2) is 0 Å². The molecule has 1 aliphatic heterocycles. The number of hydrogen-bond acceptors (Lipinski definition) is 2. The molecule has 0 bridgehead atoms. The molecule has 1 aromatic carbocycles. The fourth-order valence-electron chi connectivity index (χ4n) is 2.66. The number of hydrogen-bond donors (Lipinski definition) is 1. The number of amides is 2. The number of nitrogens with one attached hydrogen (secondary N) is 1. The zero-order valence-corrected chi connectivity index (χ0v) is 13.8. The lowest BCUT2D eigenvalue weighted by molar-refractivity contribution is -0.123. The number of rotatable bonds is 5. The Balaban J connectivity index is 2.08. The van der Waals surface area contributed by atoms with Gasteiger partial charge in [-0.15, -0.1) is 0 Å². The molecule has 0 aromatic heterocycles. The number of nitrogens with zero attached hydrogens (tertiary/aromatic N) is 1. The van der Waals surface area contributed by atoms with Crippen molar-refractivity contribution in [3.8, 4) is 0 Å². The van der Waals surface area contributed by atoms with E-state index in [0.29, 0.717) is 25.3 Å². The Labute approximate surface area is 131 Å². The maximum atomic E-state index is 12.2. The summed E-state index contributed by atoms with van der Waals surface area (Å²) in [4.78, 5) is 28.1. The largest absolute Gasteiger partial charge is 0.356 e.